The topological polar surface area (TPSA) is 37.1 Å². The fourth-order valence-corrected chi connectivity index (χ4v) is 0.339. The van der Waals surface area contributed by atoms with Gasteiger partial charge in [-0.3, -0.25) is 0 Å². The predicted molar refractivity (Wildman–Crippen MR) is 32.1 cm³/mol. The fraction of sp³-hybridized carbons (Fsp3) is 0.200. The van der Waals surface area contributed by atoms with Crippen LogP contribution in [0.2, 0.25) is 0 Å². The summed E-state index contributed by atoms with van der Waals surface area (Å²) < 4.78 is 0. The molecule has 1 aliphatic rings. The average Bonchev–Trinajstić information content (AvgIpc) is 1.94. The van der Waals surface area contributed by atoms with Gasteiger partial charge in [0.15, 0.2) is 0 Å². The van der Waals surface area contributed by atoms with Gasteiger partial charge in [-0.15, -0.1) is 5.10 Å². The second kappa shape index (κ2) is 2.19. The molecule has 0 fully saturated rings. The first-order valence-electron chi connectivity index (χ1n) is 2.25. The van der Waals surface area contributed by atoms with Gasteiger partial charge >= 0.3 is 0 Å². The zero-order chi connectivity index (χ0) is 5.82. The molecular weight excluding hydrogens is 102 g/mol. The smallest absolute Gasteiger partial charge is 0.122 e. The average molecular weight is 107 g/mol. The van der Waals surface area contributed by atoms with Crippen LogP contribution in [0.1, 0.15) is 6.92 Å². The van der Waals surface area contributed by atoms with Crippen molar-refractivity contribution in [3.8, 4) is 0 Å². The molecule has 0 atom stereocenters. The molecule has 0 unspecified atom stereocenters. The van der Waals surface area contributed by atoms with Gasteiger partial charge in [0.2, 0.25) is 0 Å². The van der Waals surface area contributed by atoms with Crippen molar-refractivity contribution in [3.63, 3.8) is 0 Å². The van der Waals surface area contributed by atoms with Gasteiger partial charge in [0.05, 0.1) is 5.71 Å². The largest absolute Gasteiger partial charge is 0.194 e. The minimum Gasteiger partial charge on any atom is -0.194 e. The van der Waals surface area contributed by atoms with Gasteiger partial charge in [0.25, 0.3) is 0 Å². The minimum absolute atomic E-state index is 0.846. The van der Waals surface area contributed by atoms with E-state index < -0.39 is 0 Å². The maximum absolute atomic E-state index is 3.67. The van der Waals surface area contributed by atoms with E-state index >= 15 is 0 Å². The van der Waals surface area contributed by atoms with Crippen LogP contribution < -0.4 is 0 Å². The molecule has 40 valence electrons. The summed E-state index contributed by atoms with van der Waals surface area (Å²) >= 11 is 0. The molecule has 0 aromatic carbocycles. The Morgan fingerprint density at radius 3 is 3.38 bits per heavy atom. The summed E-state index contributed by atoms with van der Waals surface area (Å²) in [7, 11) is 0. The Kier molecular flexibility index (Phi) is 1.35. The van der Waals surface area contributed by atoms with Crippen molar-refractivity contribution >= 4 is 11.7 Å². The Hall–Kier alpha value is -1.21. The lowest BCUT2D eigenvalue weighted by molar-refractivity contribution is 1.25. The maximum atomic E-state index is 3.67. The second-order valence-electron chi connectivity index (χ2n) is 1.39. The lowest BCUT2D eigenvalue weighted by Crippen LogP contribution is -1.78. The molecule has 0 spiro atoms. The molecule has 0 radical (unpaired) electrons. The van der Waals surface area contributed by atoms with Crippen LogP contribution in [0.5, 0.6) is 0 Å². The highest BCUT2D eigenvalue weighted by atomic mass is 15.2. The third-order valence-corrected chi connectivity index (χ3v) is 0.700. The number of hydrogen-bond acceptors (Lipinski definition) is 3. The molecule has 1 rings (SSSR count). The standard InChI is InChI=1S/C5H5N3/c1-5-2-3-6-4-7-8-5/h2-3H,1H3. The Labute approximate surface area is 47.2 Å². The van der Waals surface area contributed by atoms with Gasteiger partial charge in [-0.25, -0.2) is 0 Å². The van der Waals surface area contributed by atoms with E-state index in [1.54, 1.807) is 12.3 Å². The molecule has 3 heteroatoms. The second-order valence-corrected chi connectivity index (χ2v) is 1.39. The minimum atomic E-state index is 0.846. The van der Waals surface area contributed by atoms with Crippen LogP contribution in [-0.2, 0) is 0 Å². The van der Waals surface area contributed by atoms with E-state index in [9.17, 15) is 0 Å². The molecule has 8 heavy (non-hydrogen) atoms. The zero-order valence-electron chi connectivity index (χ0n) is 4.50. The maximum Gasteiger partial charge on any atom is 0.122 e. The van der Waals surface area contributed by atoms with Gasteiger partial charge in [-0.1, -0.05) is 5.10 Å². The van der Waals surface area contributed by atoms with E-state index in [1.807, 2.05) is 6.92 Å². The summed E-state index contributed by atoms with van der Waals surface area (Å²) in [4.78, 5) is 3.61. The summed E-state index contributed by atoms with van der Waals surface area (Å²) in [5, 5.41) is 7.13. The summed E-state index contributed by atoms with van der Waals surface area (Å²) in [5.74, 6) is 0. The predicted octanol–water partition coefficient (Wildman–Crippen LogP) is 1.06. The molecule has 0 saturated heterocycles. The highest BCUT2D eigenvalue weighted by Crippen LogP contribution is 1.85. The van der Waals surface area contributed by atoms with E-state index in [2.05, 4.69) is 21.2 Å². The van der Waals surface area contributed by atoms with E-state index in [4.69, 9.17) is 0 Å². The molecule has 3 nitrogen and oxygen atoms in total. The van der Waals surface area contributed by atoms with Crippen molar-refractivity contribution in [2.45, 2.75) is 6.92 Å². The summed E-state index contributed by atoms with van der Waals surface area (Å²) in [6, 6.07) is 2.35. The summed E-state index contributed by atoms with van der Waals surface area (Å²) in [6.45, 7) is 1.85. The van der Waals surface area contributed by atoms with E-state index in [0.717, 1.165) is 5.71 Å². The van der Waals surface area contributed by atoms with E-state index in [0.29, 0.717) is 0 Å². The zero-order valence-corrected chi connectivity index (χ0v) is 4.50. The molecule has 1 aliphatic heterocycles. The van der Waals surface area contributed by atoms with Crippen LogP contribution in [0.25, 0.3) is 0 Å². The first-order valence-corrected chi connectivity index (χ1v) is 2.25. The van der Waals surface area contributed by atoms with Gasteiger partial charge in [0.1, 0.15) is 6.01 Å². The molecule has 1 heterocycles. The molecule has 0 aromatic rings. The van der Waals surface area contributed by atoms with Crippen molar-refractivity contribution in [2.75, 3.05) is 0 Å². The molecule has 0 aliphatic carbocycles. The third kappa shape index (κ3) is 1.13. The van der Waals surface area contributed by atoms with Crippen LogP contribution in [0.3, 0.4) is 0 Å². The van der Waals surface area contributed by atoms with Crippen LogP contribution in [0.15, 0.2) is 27.5 Å². The molecule has 0 bridgehead atoms. The van der Waals surface area contributed by atoms with Gasteiger partial charge in [-0.2, -0.15) is 4.99 Å². The SMILES string of the molecule is CC1=NN=C=NC=C1. The van der Waals surface area contributed by atoms with Crippen molar-refractivity contribution in [3.05, 3.63) is 12.3 Å². The summed E-state index contributed by atoms with van der Waals surface area (Å²) in [6.07, 6.45) is 3.37. The first kappa shape index (κ1) is 4.94. The number of hydrogen-bond donors (Lipinski definition) is 0. The number of allylic oxidation sites excluding steroid dienone is 1. The van der Waals surface area contributed by atoms with E-state index in [1.165, 1.54) is 0 Å². The Morgan fingerprint density at radius 1 is 1.62 bits per heavy atom. The van der Waals surface area contributed by atoms with E-state index in [-0.39, 0.29) is 0 Å². The molecule has 0 saturated carbocycles. The molecule has 0 amide bonds. The summed E-state index contributed by atoms with van der Waals surface area (Å²) in [5.41, 5.74) is 0.846. The number of rotatable bonds is 0. The van der Waals surface area contributed by atoms with Crippen molar-refractivity contribution < 1.29 is 0 Å². The van der Waals surface area contributed by atoms with Crippen LogP contribution >= 0.6 is 0 Å². The first-order chi connectivity index (χ1) is 3.89. The molecule has 0 aromatic heterocycles. The number of nitrogens with zero attached hydrogens (tertiary/aromatic N) is 3. The Balaban J connectivity index is 2.90. The van der Waals surface area contributed by atoms with Gasteiger partial charge < -0.3 is 0 Å². The van der Waals surface area contributed by atoms with Crippen LogP contribution in [0, 0.1) is 0 Å². The lowest BCUT2D eigenvalue weighted by Gasteiger charge is -1.76. The van der Waals surface area contributed by atoms with Crippen LogP contribution in [-0.4, -0.2) is 11.7 Å². The highest BCUT2D eigenvalue weighted by molar-refractivity contribution is 5.93. The number of aliphatic imine (C=N–C) groups is 1. The van der Waals surface area contributed by atoms with Crippen molar-refractivity contribution in [1.82, 2.24) is 0 Å². The lowest BCUT2D eigenvalue weighted by atomic mass is 10.4. The van der Waals surface area contributed by atoms with Gasteiger partial charge in [-0.05, 0) is 13.0 Å². The Morgan fingerprint density at radius 2 is 2.50 bits per heavy atom. The van der Waals surface area contributed by atoms with Crippen molar-refractivity contribution in [1.29, 1.82) is 0 Å². The third-order valence-electron chi connectivity index (χ3n) is 0.700. The van der Waals surface area contributed by atoms with Crippen molar-refractivity contribution in [2.24, 2.45) is 15.2 Å². The Bertz CT molecular complexity index is 194. The quantitative estimate of drug-likeness (QED) is 0.444. The molecule has 0 N–H and O–H groups in total. The monoisotopic (exact) mass is 107 g/mol. The fourth-order valence-electron chi connectivity index (χ4n) is 0.339. The molecular formula is C5H5N3. The highest BCUT2D eigenvalue weighted by Gasteiger charge is 1.80. The normalized spacial score (nSPS) is 15.9. The van der Waals surface area contributed by atoms with Gasteiger partial charge in [0, 0.05) is 6.20 Å². The van der Waals surface area contributed by atoms with Crippen LogP contribution in [0.4, 0.5) is 0 Å².